The zero-order chi connectivity index (χ0) is 14.7. The van der Waals surface area contributed by atoms with Crippen molar-refractivity contribution in [2.24, 2.45) is 0 Å². The van der Waals surface area contributed by atoms with Crippen LogP contribution >= 0.6 is 0 Å². The highest BCUT2D eigenvalue weighted by Gasteiger charge is 2.22. The van der Waals surface area contributed by atoms with Gasteiger partial charge in [0.2, 0.25) is 0 Å². The summed E-state index contributed by atoms with van der Waals surface area (Å²) in [5.74, 6) is 2.23. The number of anilines is 1. The second kappa shape index (κ2) is 5.67. The number of nitrogens with zero attached hydrogens (tertiary/aromatic N) is 3. The summed E-state index contributed by atoms with van der Waals surface area (Å²) in [7, 11) is 1.63. The van der Waals surface area contributed by atoms with Gasteiger partial charge in [-0.3, -0.25) is 0 Å². The Bertz CT molecular complexity index is 679. The van der Waals surface area contributed by atoms with Crippen LogP contribution in [0.25, 0.3) is 0 Å². The topological polar surface area (TPSA) is 80.1 Å². The Morgan fingerprint density at radius 3 is 3.00 bits per heavy atom. The highest BCUT2D eigenvalue weighted by atomic mass is 16.5. The lowest BCUT2D eigenvalue weighted by atomic mass is 10.0. The molecule has 1 aromatic carbocycles. The van der Waals surface area contributed by atoms with Gasteiger partial charge in [0.15, 0.2) is 5.69 Å². The summed E-state index contributed by atoms with van der Waals surface area (Å²) in [5.41, 5.74) is 1.37. The molecule has 0 fully saturated rings. The number of nitriles is 1. The number of hydrogen-bond acceptors (Lipinski definition) is 6. The third kappa shape index (κ3) is 2.72. The zero-order valence-corrected chi connectivity index (χ0v) is 11.5. The lowest BCUT2D eigenvalue weighted by molar-refractivity contribution is 0.272. The van der Waals surface area contributed by atoms with E-state index in [0.717, 1.165) is 23.5 Å². The molecule has 0 aliphatic carbocycles. The summed E-state index contributed by atoms with van der Waals surface area (Å²) >= 11 is 0. The van der Waals surface area contributed by atoms with Crippen LogP contribution in [0.1, 0.15) is 23.7 Å². The van der Waals surface area contributed by atoms with Crippen LogP contribution in [0, 0.1) is 11.3 Å². The fourth-order valence-electron chi connectivity index (χ4n) is 2.29. The molecule has 1 aromatic heterocycles. The summed E-state index contributed by atoms with van der Waals surface area (Å²) in [5, 5.41) is 12.1. The van der Waals surface area contributed by atoms with Crippen LogP contribution in [0.4, 0.5) is 5.82 Å². The van der Waals surface area contributed by atoms with E-state index in [1.54, 1.807) is 13.3 Å². The molecule has 106 valence electrons. The van der Waals surface area contributed by atoms with Crippen molar-refractivity contribution in [2.45, 2.75) is 12.5 Å². The molecular formula is C15H14N4O2. The van der Waals surface area contributed by atoms with Gasteiger partial charge in [-0.05, 0) is 12.1 Å². The van der Waals surface area contributed by atoms with Crippen LogP contribution < -0.4 is 14.8 Å². The first-order valence-corrected chi connectivity index (χ1v) is 6.59. The summed E-state index contributed by atoms with van der Waals surface area (Å²) in [6, 6.07) is 7.83. The monoisotopic (exact) mass is 282 g/mol. The Hall–Kier alpha value is -2.81. The van der Waals surface area contributed by atoms with E-state index in [1.807, 2.05) is 24.3 Å². The van der Waals surface area contributed by atoms with Crippen LogP contribution in [-0.4, -0.2) is 23.7 Å². The van der Waals surface area contributed by atoms with E-state index in [0.29, 0.717) is 18.1 Å². The Morgan fingerprint density at radius 1 is 1.38 bits per heavy atom. The SMILES string of the molecule is COc1ccc2c(c1)OCCC2Nc1cnc(C#N)cn1. The van der Waals surface area contributed by atoms with Gasteiger partial charge in [0, 0.05) is 18.1 Å². The molecule has 1 atom stereocenters. The second-order valence-electron chi connectivity index (χ2n) is 4.64. The molecule has 0 radical (unpaired) electrons. The lowest BCUT2D eigenvalue weighted by Gasteiger charge is -2.27. The molecular weight excluding hydrogens is 268 g/mol. The standard InChI is InChI=1S/C15H14N4O2/c1-20-11-2-3-12-13(4-5-21-14(12)6-11)19-15-9-17-10(7-16)8-18-15/h2-3,6,8-9,13H,4-5H2,1H3,(H,18,19). The van der Waals surface area contributed by atoms with Crippen molar-refractivity contribution in [2.75, 3.05) is 19.0 Å². The van der Waals surface area contributed by atoms with Gasteiger partial charge >= 0.3 is 0 Å². The predicted octanol–water partition coefficient (Wildman–Crippen LogP) is 2.29. The van der Waals surface area contributed by atoms with Gasteiger partial charge in [-0.15, -0.1) is 0 Å². The summed E-state index contributed by atoms with van der Waals surface area (Å²) in [6.45, 7) is 0.627. The van der Waals surface area contributed by atoms with E-state index in [4.69, 9.17) is 14.7 Å². The molecule has 1 N–H and O–H groups in total. The molecule has 3 rings (SSSR count). The molecule has 2 aromatic rings. The zero-order valence-electron chi connectivity index (χ0n) is 11.5. The van der Waals surface area contributed by atoms with Crippen molar-refractivity contribution in [3.63, 3.8) is 0 Å². The van der Waals surface area contributed by atoms with E-state index in [-0.39, 0.29) is 6.04 Å². The minimum absolute atomic E-state index is 0.0990. The summed E-state index contributed by atoms with van der Waals surface area (Å²) in [6.07, 6.45) is 3.86. The first-order valence-electron chi connectivity index (χ1n) is 6.59. The number of fused-ring (bicyclic) bond motifs is 1. The molecule has 21 heavy (non-hydrogen) atoms. The Kier molecular flexibility index (Phi) is 3.56. The fraction of sp³-hybridized carbons (Fsp3) is 0.267. The van der Waals surface area contributed by atoms with Gasteiger partial charge in [0.05, 0.1) is 32.2 Å². The molecule has 2 heterocycles. The highest BCUT2D eigenvalue weighted by Crippen LogP contribution is 2.36. The molecule has 0 saturated heterocycles. The Morgan fingerprint density at radius 2 is 2.29 bits per heavy atom. The third-order valence-corrected chi connectivity index (χ3v) is 3.35. The van der Waals surface area contributed by atoms with Crippen molar-refractivity contribution < 1.29 is 9.47 Å². The number of rotatable bonds is 3. The Labute approximate surface area is 122 Å². The maximum absolute atomic E-state index is 8.73. The number of nitrogens with one attached hydrogen (secondary N) is 1. The van der Waals surface area contributed by atoms with Crippen LogP contribution in [0.3, 0.4) is 0 Å². The van der Waals surface area contributed by atoms with E-state index in [9.17, 15) is 0 Å². The summed E-state index contributed by atoms with van der Waals surface area (Å²) in [4.78, 5) is 8.20. The smallest absolute Gasteiger partial charge is 0.158 e. The minimum Gasteiger partial charge on any atom is -0.497 e. The molecule has 0 bridgehead atoms. The van der Waals surface area contributed by atoms with Crippen LogP contribution in [0.2, 0.25) is 0 Å². The van der Waals surface area contributed by atoms with Gasteiger partial charge in [-0.2, -0.15) is 5.26 Å². The van der Waals surface area contributed by atoms with E-state index in [2.05, 4.69) is 15.3 Å². The molecule has 1 unspecified atom stereocenters. The number of methoxy groups -OCH3 is 1. The molecule has 6 heteroatoms. The van der Waals surface area contributed by atoms with Crippen LogP contribution in [0.5, 0.6) is 11.5 Å². The summed E-state index contributed by atoms with van der Waals surface area (Å²) < 4.78 is 10.9. The molecule has 6 nitrogen and oxygen atoms in total. The average molecular weight is 282 g/mol. The maximum atomic E-state index is 8.73. The van der Waals surface area contributed by atoms with Gasteiger partial charge in [-0.25, -0.2) is 9.97 Å². The molecule has 1 aliphatic rings. The van der Waals surface area contributed by atoms with Gasteiger partial charge in [-0.1, -0.05) is 0 Å². The van der Waals surface area contributed by atoms with Gasteiger partial charge in [0.25, 0.3) is 0 Å². The minimum atomic E-state index is 0.0990. The number of hydrogen-bond donors (Lipinski definition) is 1. The number of benzene rings is 1. The lowest BCUT2D eigenvalue weighted by Crippen LogP contribution is -2.21. The van der Waals surface area contributed by atoms with Crippen molar-refractivity contribution in [3.05, 3.63) is 41.9 Å². The third-order valence-electron chi connectivity index (χ3n) is 3.35. The molecule has 0 saturated carbocycles. The van der Waals surface area contributed by atoms with Crippen molar-refractivity contribution in [3.8, 4) is 17.6 Å². The van der Waals surface area contributed by atoms with Gasteiger partial charge in [0.1, 0.15) is 23.4 Å². The predicted molar refractivity (Wildman–Crippen MR) is 76.2 cm³/mol. The average Bonchev–Trinajstić information content (AvgIpc) is 2.55. The molecule has 1 aliphatic heterocycles. The second-order valence-corrected chi connectivity index (χ2v) is 4.64. The van der Waals surface area contributed by atoms with Crippen molar-refractivity contribution in [1.29, 1.82) is 5.26 Å². The Balaban J connectivity index is 1.83. The van der Waals surface area contributed by atoms with Gasteiger partial charge < -0.3 is 14.8 Å². The fourth-order valence-corrected chi connectivity index (χ4v) is 2.29. The highest BCUT2D eigenvalue weighted by molar-refractivity contribution is 5.47. The van der Waals surface area contributed by atoms with E-state index < -0.39 is 0 Å². The molecule has 0 amide bonds. The van der Waals surface area contributed by atoms with E-state index in [1.165, 1.54) is 6.20 Å². The first-order chi connectivity index (χ1) is 10.3. The van der Waals surface area contributed by atoms with E-state index >= 15 is 0 Å². The number of ether oxygens (including phenoxy) is 2. The first kappa shape index (κ1) is 13.2. The van der Waals surface area contributed by atoms with Crippen molar-refractivity contribution in [1.82, 2.24) is 9.97 Å². The normalized spacial score (nSPS) is 16.3. The quantitative estimate of drug-likeness (QED) is 0.930. The molecule has 0 spiro atoms. The largest absolute Gasteiger partial charge is 0.497 e. The van der Waals surface area contributed by atoms with Crippen LogP contribution in [0.15, 0.2) is 30.6 Å². The maximum Gasteiger partial charge on any atom is 0.158 e. The van der Waals surface area contributed by atoms with Crippen LogP contribution in [-0.2, 0) is 0 Å². The van der Waals surface area contributed by atoms with Crippen molar-refractivity contribution >= 4 is 5.82 Å². The number of aromatic nitrogens is 2.